The first-order valence-corrected chi connectivity index (χ1v) is 11.8. The monoisotopic (exact) mass is 444 g/mol. The first-order chi connectivity index (χ1) is 15.0. The van der Waals surface area contributed by atoms with Crippen LogP contribution in [-0.2, 0) is 6.42 Å². The average Bonchev–Trinajstić information content (AvgIpc) is 3.63. The van der Waals surface area contributed by atoms with E-state index in [4.69, 9.17) is 9.47 Å². The van der Waals surface area contributed by atoms with Gasteiger partial charge in [-0.2, -0.15) is 0 Å². The van der Waals surface area contributed by atoms with Crippen LogP contribution in [0.2, 0.25) is 0 Å². The molecule has 1 saturated heterocycles. The molecule has 3 aliphatic rings. The Hall–Kier alpha value is -1.77. The summed E-state index contributed by atoms with van der Waals surface area (Å²) < 4.78 is 11.4. The number of aliphatic hydroxyl groups is 4. The lowest BCUT2D eigenvalue weighted by Crippen LogP contribution is -2.51. The molecule has 4 N–H and O–H groups in total. The normalized spacial score (nSPS) is 30.3. The Labute approximate surface area is 185 Å². The topological polar surface area (TPSA) is 99.4 Å². The van der Waals surface area contributed by atoms with Crippen molar-refractivity contribution in [3.05, 3.63) is 58.7 Å². The molecule has 0 bridgehead atoms. The zero-order chi connectivity index (χ0) is 21.5. The van der Waals surface area contributed by atoms with Crippen molar-refractivity contribution in [2.24, 2.45) is 0 Å². The van der Waals surface area contributed by atoms with E-state index in [0.29, 0.717) is 19.1 Å². The van der Waals surface area contributed by atoms with Crippen LogP contribution in [0.3, 0.4) is 0 Å². The largest absolute Gasteiger partial charge is 0.486 e. The SMILES string of the molecule is OCC1SC(c2ccc(C3CC3)c(Cc3ccc4c(c3)OCCO4)c2)C(O)C(O)C1O. The maximum atomic E-state index is 10.6. The summed E-state index contributed by atoms with van der Waals surface area (Å²) in [4.78, 5) is 0. The molecular formula is C24H28O6S. The zero-order valence-electron chi connectivity index (χ0n) is 17.2. The van der Waals surface area contributed by atoms with Gasteiger partial charge in [0.15, 0.2) is 11.5 Å². The molecule has 2 aliphatic heterocycles. The van der Waals surface area contributed by atoms with Crippen molar-refractivity contribution in [2.45, 2.75) is 54.0 Å². The fraction of sp³-hybridized carbons (Fsp3) is 0.500. The Morgan fingerprint density at radius 1 is 0.871 bits per heavy atom. The molecule has 2 heterocycles. The van der Waals surface area contributed by atoms with Crippen LogP contribution in [0.4, 0.5) is 0 Å². The highest BCUT2D eigenvalue weighted by Crippen LogP contribution is 2.46. The van der Waals surface area contributed by atoms with Crippen LogP contribution in [0, 0.1) is 0 Å². The van der Waals surface area contributed by atoms with Crippen molar-refractivity contribution in [2.75, 3.05) is 19.8 Å². The van der Waals surface area contributed by atoms with Crippen LogP contribution in [0.25, 0.3) is 0 Å². The number of rotatable bonds is 5. The van der Waals surface area contributed by atoms with Crippen LogP contribution < -0.4 is 9.47 Å². The highest BCUT2D eigenvalue weighted by Gasteiger charge is 2.43. The van der Waals surface area contributed by atoms with Crippen LogP contribution in [0.5, 0.6) is 11.5 Å². The molecule has 6 nitrogen and oxygen atoms in total. The van der Waals surface area contributed by atoms with Gasteiger partial charge in [0.05, 0.1) is 29.3 Å². The summed E-state index contributed by atoms with van der Waals surface area (Å²) in [5.41, 5.74) is 4.56. The van der Waals surface area contributed by atoms with Gasteiger partial charge < -0.3 is 29.9 Å². The van der Waals surface area contributed by atoms with Gasteiger partial charge in [-0.3, -0.25) is 0 Å². The van der Waals surface area contributed by atoms with Crippen molar-refractivity contribution >= 4 is 11.8 Å². The standard InChI is InChI=1S/C24H28O6S/c25-12-20-21(26)22(27)23(28)24(31-20)15-4-5-17(14-2-3-14)16(11-15)9-13-1-6-18-19(10-13)30-8-7-29-18/h1,4-6,10-11,14,20-28H,2-3,7-9,12H2. The zero-order valence-corrected chi connectivity index (χ0v) is 18.0. The number of benzene rings is 2. The quantitative estimate of drug-likeness (QED) is 0.561. The maximum absolute atomic E-state index is 10.6. The lowest BCUT2D eigenvalue weighted by atomic mass is 9.91. The molecule has 0 spiro atoms. The third kappa shape index (κ3) is 4.17. The van der Waals surface area contributed by atoms with Crippen LogP contribution in [0.15, 0.2) is 36.4 Å². The summed E-state index contributed by atoms with van der Waals surface area (Å²) in [5, 5.41) is 39.7. The van der Waals surface area contributed by atoms with Crippen molar-refractivity contribution < 1.29 is 29.9 Å². The van der Waals surface area contributed by atoms with E-state index in [9.17, 15) is 20.4 Å². The minimum absolute atomic E-state index is 0.254. The lowest BCUT2D eigenvalue weighted by Gasteiger charge is -2.39. The molecule has 7 heteroatoms. The van der Waals surface area contributed by atoms with Gasteiger partial charge in [0.1, 0.15) is 19.3 Å². The van der Waals surface area contributed by atoms with Gasteiger partial charge in [-0.25, -0.2) is 0 Å². The smallest absolute Gasteiger partial charge is 0.161 e. The Bertz CT molecular complexity index is 944. The number of ether oxygens (including phenoxy) is 2. The molecule has 0 aromatic heterocycles. The van der Waals surface area contributed by atoms with E-state index in [1.807, 2.05) is 18.2 Å². The summed E-state index contributed by atoms with van der Waals surface area (Å²) in [6.07, 6.45) is -0.427. The molecule has 2 fully saturated rings. The van der Waals surface area contributed by atoms with Gasteiger partial charge in [-0.05, 0) is 59.6 Å². The van der Waals surface area contributed by atoms with Gasteiger partial charge in [0.25, 0.3) is 0 Å². The third-order valence-electron chi connectivity index (χ3n) is 6.41. The van der Waals surface area contributed by atoms with E-state index in [1.54, 1.807) is 0 Å². The summed E-state index contributed by atoms with van der Waals surface area (Å²) in [6.45, 7) is 0.865. The first kappa shape index (κ1) is 21.1. The second-order valence-corrected chi connectivity index (χ2v) is 10.0. The summed E-state index contributed by atoms with van der Waals surface area (Å²) in [5.74, 6) is 2.12. The summed E-state index contributed by atoms with van der Waals surface area (Å²) in [7, 11) is 0. The number of hydrogen-bond acceptors (Lipinski definition) is 7. The molecule has 5 unspecified atom stereocenters. The van der Waals surface area contributed by atoms with Gasteiger partial charge in [0.2, 0.25) is 0 Å². The fourth-order valence-electron chi connectivity index (χ4n) is 4.54. The maximum Gasteiger partial charge on any atom is 0.161 e. The Balaban J connectivity index is 1.45. The minimum Gasteiger partial charge on any atom is -0.486 e. The van der Waals surface area contributed by atoms with E-state index in [-0.39, 0.29) is 6.61 Å². The molecule has 2 aromatic carbocycles. The number of thioether (sulfide) groups is 1. The summed E-state index contributed by atoms with van der Waals surface area (Å²) in [6, 6.07) is 12.3. The predicted octanol–water partition coefficient (Wildman–Crippen LogP) is 2.16. The van der Waals surface area contributed by atoms with Gasteiger partial charge in [-0.15, -0.1) is 11.8 Å². The Morgan fingerprint density at radius 2 is 1.65 bits per heavy atom. The van der Waals surface area contributed by atoms with Crippen molar-refractivity contribution in [1.82, 2.24) is 0 Å². The second-order valence-electron chi connectivity index (χ2n) is 8.64. The first-order valence-electron chi connectivity index (χ1n) is 10.9. The van der Waals surface area contributed by atoms with Gasteiger partial charge in [0, 0.05) is 0 Å². The van der Waals surface area contributed by atoms with Gasteiger partial charge in [-0.1, -0.05) is 24.3 Å². The average molecular weight is 445 g/mol. The van der Waals surface area contributed by atoms with E-state index in [2.05, 4.69) is 18.2 Å². The summed E-state index contributed by atoms with van der Waals surface area (Å²) >= 11 is 1.32. The van der Waals surface area contributed by atoms with Crippen LogP contribution >= 0.6 is 11.8 Å². The van der Waals surface area contributed by atoms with Crippen molar-refractivity contribution in [1.29, 1.82) is 0 Å². The van der Waals surface area contributed by atoms with E-state index in [0.717, 1.165) is 29.0 Å². The second kappa shape index (κ2) is 8.64. The molecule has 1 aliphatic carbocycles. The molecule has 166 valence electrons. The lowest BCUT2D eigenvalue weighted by molar-refractivity contribution is -0.0700. The van der Waals surface area contributed by atoms with Crippen molar-refractivity contribution in [3.63, 3.8) is 0 Å². The van der Waals surface area contributed by atoms with Crippen molar-refractivity contribution in [3.8, 4) is 11.5 Å². The molecular weight excluding hydrogens is 416 g/mol. The number of aliphatic hydroxyl groups excluding tert-OH is 4. The molecule has 0 radical (unpaired) electrons. The van der Waals surface area contributed by atoms with E-state index >= 15 is 0 Å². The van der Waals surface area contributed by atoms with E-state index in [1.165, 1.54) is 35.7 Å². The molecule has 1 saturated carbocycles. The Kier molecular flexibility index (Phi) is 5.88. The minimum atomic E-state index is -1.28. The van der Waals surface area contributed by atoms with E-state index < -0.39 is 28.8 Å². The highest BCUT2D eigenvalue weighted by molar-refractivity contribution is 8.00. The number of hydrogen-bond donors (Lipinski definition) is 4. The highest BCUT2D eigenvalue weighted by atomic mass is 32.2. The Morgan fingerprint density at radius 3 is 2.39 bits per heavy atom. The van der Waals surface area contributed by atoms with Crippen LogP contribution in [-0.4, -0.2) is 63.8 Å². The fourth-order valence-corrected chi connectivity index (χ4v) is 5.95. The molecule has 5 atom stereocenters. The molecule has 2 aromatic rings. The number of fused-ring (bicyclic) bond motifs is 1. The molecule has 0 amide bonds. The third-order valence-corrected chi connectivity index (χ3v) is 8.03. The molecule has 31 heavy (non-hydrogen) atoms. The van der Waals surface area contributed by atoms with Gasteiger partial charge >= 0.3 is 0 Å². The predicted molar refractivity (Wildman–Crippen MR) is 118 cm³/mol. The molecule has 5 rings (SSSR count). The van der Waals surface area contributed by atoms with Crippen LogP contribution in [0.1, 0.15) is 46.3 Å².